The summed E-state index contributed by atoms with van der Waals surface area (Å²) in [6.45, 7) is 7.12. The van der Waals surface area contributed by atoms with Gasteiger partial charge in [-0.25, -0.2) is 4.79 Å². The number of nitrogens with one attached hydrogen (secondary N) is 1. The van der Waals surface area contributed by atoms with E-state index < -0.39 is 11.9 Å². The molecule has 0 radical (unpaired) electrons. The average molecular weight is 739 g/mol. The van der Waals surface area contributed by atoms with Crippen molar-refractivity contribution < 1.29 is 14.7 Å². The van der Waals surface area contributed by atoms with Gasteiger partial charge in [-0.15, -0.1) is 0 Å². The number of imide groups is 1. The number of hydrogen-bond acceptors (Lipinski definition) is 7. The summed E-state index contributed by atoms with van der Waals surface area (Å²) in [5, 5.41) is 12.6. The number of imidazole rings is 1. The smallest absolute Gasteiger partial charge is 0.329 e. The van der Waals surface area contributed by atoms with Gasteiger partial charge in [0.15, 0.2) is 0 Å². The number of aromatic nitrogens is 2. The lowest BCUT2D eigenvalue weighted by Crippen LogP contribution is -2.49. The molecule has 10 heteroatoms. The van der Waals surface area contributed by atoms with Crippen molar-refractivity contribution in [2.75, 3.05) is 55.6 Å². The summed E-state index contributed by atoms with van der Waals surface area (Å²) in [4.78, 5) is 45.1. The number of rotatable bonds is 7. The van der Waals surface area contributed by atoms with Gasteiger partial charge in [0, 0.05) is 76.6 Å². The van der Waals surface area contributed by atoms with E-state index in [9.17, 15) is 19.5 Å². The van der Waals surface area contributed by atoms with Crippen LogP contribution in [0.3, 0.4) is 0 Å². The predicted molar refractivity (Wildman–Crippen MR) is 216 cm³/mol. The van der Waals surface area contributed by atoms with Crippen LogP contribution >= 0.6 is 0 Å². The summed E-state index contributed by atoms with van der Waals surface area (Å²) in [6.07, 6.45) is 4.98. The largest absolute Gasteiger partial charge is 0.508 e. The molecule has 4 heterocycles. The number of hydrogen-bond donors (Lipinski definition) is 2. The summed E-state index contributed by atoms with van der Waals surface area (Å²) in [5.74, 6) is 0.999. The molecule has 0 bridgehead atoms. The van der Waals surface area contributed by atoms with Gasteiger partial charge >= 0.3 is 5.69 Å². The Balaban J connectivity index is 0.804. The minimum absolute atomic E-state index is 0.232. The fourth-order valence-electron chi connectivity index (χ4n) is 9.88. The Hall–Kier alpha value is -5.35. The molecule has 1 aromatic heterocycles. The number of carbonyl (C=O) groups excluding carboxylic acids is 2. The van der Waals surface area contributed by atoms with E-state index in [4.69, 9.17) is 0 Å². The molecule has 3 atom stereocenters. The van der Waals surface area contributed by atoms with Gasteiger partial charge in [-0.05, 0) is 109 Å². The highest BCUT2D eigenvalue weighted by atomic mass is 16.3. The first-order valence-electron chi connectivity index (χ1n) is 20.0. The molecule has 0 spiro atoms. The predicted octanol–water partition coefficient (Wildman–Crippen LogP) is 5.92. The van der Waals surface area contributed by atoms with E-state index in [1.54, 1.807) is 16.2 Å². The molecule has 55 heavy (non-hydrogen) atoms. The molecule has 3 fully saturated rings. The Morgan fingerprint density at radius 2 is 1.42 bits per heavy atom. The van der Waals surface area contributed by atoms with E-state index in [0.717, 1.165) is 75.4 Å². The van der Waals surface area contributed by atoms with E-state index in [-0.39, 0.29) is 23.9 Å². The highest BCUT2D eigenvalue weighted by molar-refractivity contribution is 6.00. The molecular formula is C45H50N6O4. The number of piperazine rings is 1. The Kier molecular flexibility index (Phi) is 9.46. The normalized spacial score (nSPS) is 22.5. The molecule has 0 saturated carbocycles. The van der Waals surface area contributed by atoms with Gasteiger partial charge in [0.2, 0.25) is 11.8 Å². The van der Waals surface area contributed by atoms with Crippen LogP contribution in [0.4, 0.5) is 11.4 Å². The maximum absolute atomic E-state index is 13.2. The first kappa shape index (κ1) is 35.4. The SMILES string of the molecule is Cn1c(=O)n([C@H]2CCC(=O)NC2=O)c2ccc(N3CCN(CC4CCN(c5ccc([C@@H]6c7ccc(O)cc7CC[C@@H]6c6ccccc6)cc5)CC4)CC3)cc21. The Morgan fingerprint density at radius 3 is 2.16 bits per heavy atom. The highest BCUT2D eigenvalue weighted by Gasteiger charge is 2.34. The van der Waals surface area contributed by atoms with Crippen molar-refractivity contribution in [1.29, 1.82) is 0 Å². The second-order valence-electron chi connectivity index (χ2n) is 16.1. The molecule has 2 amide bonds. The number of amides is 2. The van der Waals surface area contributed by atoms with Gasteiger partial charge in [-0.1, -0.05) is 48.5 Å². The van der Waals surface area contributed by atoms with Crippen molar-refractivity contribution in [3.05, 3.63) is 124 Å². The summed E-state index contributed by atoms with van der Waals surface area (Å²) >= 11 is 0. The summed E-state index contributed by atoms with van der Waals surface area (Å²) in [5.41, 5.74) is 9.00. The number of benzene rings is 4. The summed E-state index contributed by atoms with van der Waals surface area (Å²) in [6, 6.07) is 31.6. The van der Waals surface area contributed by atoms with E-state index >= 15 is 0 Å². The standard InChI is InChI=1S/C45H50N6O4/c1-47-41-28-35(12-16-39(41)51(45(47)55)40-17-18-42(53)46-44(40)54)50-25-23-48(24-26-50)29-30-19-21-49(22-20-30)34-10-7-32(8-11-34)43-37(31-5-3-2-4-6-31)14-9-33-27-36(52)13-15-38(33)43/h2-8,10-13,15-16,27-28,30,37,40,43,52H,9,14,17-26,29H2,1H3,(H,46,53,54)/t37-,40+,43+/m1/s1. The number of piperidine rings is 2. The van der Waals surface area contributed by atoms with Crippen LogP contribution < -0.4 is 20.8 Å². The molecule has 5 aromatic rings. The molecule has 4 aromatic carbocycles. The van der Waals surface area contributed by atoms with E-state index in [0.29, 0.717) is 24.0 Å². The number of phenolic OH excluding ortho intramolecular Hbond substituents is 1. The molecule has 0 unspecified atom stereocenters. The van der Waals surface area contributed by atoms with Crippen LogP contribution in [-0.4, -0.2) is 76.8 Å². The first-order chi connectivity index (χ1) is 26.8. The van der Waals surface area contributed by atoms with Crippen LogP contribution in [0, 0.1) is 5.92 Å². The number of phenols is 1. The maximum Gasteiger partial charge on any atom is 0.329 e. The molecule has 3 saturated heterocycles. The first-order valence-corrected chi connectivity index (χ1v) is 20.0. The lowest BCUT2D eigenvalue weighted by atomic mass is 9.69. The third-order valence-electron chi connectivity index (χ3n) is 12.9. The van der Waals surface area contributed by atoms with Crippen LogP contribution in [0.5, 0.6) is 5.75 Å². The quantitative estimate of drug-likeness (QED) is 0.200. The van der Waals surface area contributed by atoms with Crippen LogP contribution in [0.15, 0.2) is 95.8 Å². The second-order valence-corrected chi connectivity index (χ2v) is 16.1. The summed E-state index contributed by atoms with van der Waals surface area (Å²) < 4.78 is 3.16. The van der Waals surface area contributed by atoms with E-state index in [1.165, 1.54) is 40.8 Å². The average Bonchev–Trinajstić information content (AvgIpc) is 3.46. The fraction of sp³-hybridized carbons (Fsp3) is 0.400. The highest BCUT2D eigenvalue weighted by Crippen LogP contribution is 2.47. The molecule has 10 nitrogen and oxygen atoms in total. The lowest BCUT2D eigenvalue weighted by Gasteiger charge is -2.40. The van der Waals surface area contributed by atoms with Gasteiger partial charge < -0.3 is 14.9 Å². The van der Waals surface area contributed by atoms with Crippen molar-refractivity contribution in [2.45, 2.75) is 56.4 Å². The Labute approximate surface area is 322 Å². The van der Waals surface area contributed by atoms with Gasteiger partial charge in [0.1, 0.15) is 11.8 Å². The fourth-order valence-corrected chi connectivity index (χ4v) is 9.88. The van der Waals surface area contributed by atoms with Gasteiger partial charge in [-0.3, -0.25) is 28.9 Å². The maximum atomic E-state index is 13.2. The minimum Gasteiger partial charge on any atom is -0.508 e. The molecule has 9 rings (SSSR count). The van der Waals surface area contributed by atoms with Crippen molar-refractivity contribution in [3.63, 3.8) is 0 Å². The van der Waals surface area contributed by atoms with Crippen LogP contribution in [-0.2, 0) is 23.1 Å². The third-order valence-corrected chi connectivity index (χ3v) is 12.9. The molecule has 3 aliphatic heterocycles. The second kappa shape index (κ2) is 14.7. The molecule has 2 N–H and O–H groups in total. The van der Waals surface area contributed by atoms with Gasteiger partial charge in [0.05, 0.1) is 11.0 Å². The molecule has 4 aliphatic rings. The van der Waals surface area contributed by atoms with Crippen molar-refractivity contribution in [1.82, 2.24) is 19.4 Å². The number of fused-ring (bicyclic) bond motifs is 2. The van der Waals surface area contributed by atoms with Crippen molar-refractivity contribution >= 4 is 34.2 Å². The Morgan fingerprint density at radius 1 is 0.691 bits per heavy atom. The monoisotopic (exact) mass is 738 g/mol. The zero-order valence-corrected chi connectivity index (χ0v) is 31.6. The van der Waals surface area contributed by atoms with Crippen LogP contribution in [0.1, 0.15) is 72.2 Å². The van der Waals surface area contributed by atoms with Gasteiger partial charge in [0.25, 0.3) is 0 Å². The zero-order chi connectivity index (χ0) is 37.6. The van der Waals surface area contributed by atoms with E-state index in [2.05, 4.69) is 92.8 Å². The summed E-state index contributed by atoms with van der Waals surface area (Å²) in [7, 11) is 1.75. The number of carbonyl (C=O) groups is 2. The number of anilines is 2. The zero-order valence-electron chi connectivity index (χ0n) is 31.6. The third kappa shape index (κ3) is 6.81. The Bertz CT molecular complexity index is 2260. The van der Waals surface area contributed by atoms with E-state index in [1.807, 2.05) is 18.2 Å². The number of aryl methyl sites for hydroxylation is 2. The van der Waals surface area contributed by atoms with Crippen LogP contribution in [0.2, 0.25) is 0 Å². The molecule has 1 aliphatic carbocycles. The van der Waals surface area contributed by atoms with Crippen molar-refractivity contribution in [3.8, 4) is 5.75 Å². The molecule has 284 valence electrons. The van der Waals surface area contributed by atoms with Crippen LogP contribution in [0.25, 0.3) is 11.0 Å². The van der Waals surface area contributed by atoms with Gasteiger partial charge in [-0.2, -0.15) is 0 Å². The lowest BCUT2D eigenvalue weighted by molar-refractivity contribution is -0.135. The number of nitrogens with zero attached hydrogens (tertiary/aromatic N) is 5. The topological polar surface area (TPSA) is 103 Å². The van der Waals surface area contributed by atoms with Crippen molar-refractivity contribution in [2.24, 2.45) is 13.0 Å². The molecular weight excluding hydrogens is 689 g/mol. The minimum atomic E-state index is -0.674. The number of aromatic hydroxyl groups is 1.